The molecule has 2 aromatic rings. The van der Waals surface area contributed by atoms with E-state index >= 15 is 0 Å². The summed E-state index contributed by atoms with van der Waals surface area (Å²) in [4.78, 5) is 44.3. The number of H-pyrrole nitrogens is 1. The number of nitrogens with zero attached hydrogens (tertiary/aromatic N) is 3. The molecule has 1 aromatic carbocycles. The van der Waals surface area contributed by atoms with Gasteiger partial charge in [0.25, 0.3) is 5.91 Å². The summed E-state index contributed by atoms with van der Waals surface area (Å²) in [6.45, 7) is 7.46. The summed E-state index contributed by atoms with van der Waals surface area (Å²) >= 11 is 0. The van der Waals surface area contributed by atoms with Crippen LogP contribution in [0.1, 0.15) is 55.9 Å². The summed E-state index contributed by atoms with van der Waals surface area (Å²) in [6, 6.07) is 2.53. The second-order valence-corrected chi connectivity index (χ2v) is 10.0. The number of rotatable bonds is 6. The van der Waals surface area contributed by atoms with Crippen LogP contribution in [-0.2, 0) is 9.53 Å². The van der Waals surface area contributed by atoms with E-state index in [0.717, 1.165) is 12.8 Å². The van der Waals surface area contributed by atoms with Crippen LogP contribution in [0, 0.1) is 11.7 Å². The summed E-state index contributed by atoms with van der Waals surface area (Å²) in [5.74, 6) is -0.670. The zero-order valence-electron chi connectivity index (χ0n) is 21.0. The maximum Gasteiger partial charge on any atom is 0.326 e. The van der Waals surface area contributed by atoms with Gasteiger partial charge in [-0.25, -0.2) is 9.18 Å². The molecule has 192 valence electrons. The molecule has 0 unspecified atom stereocenters. The van der Waals surface area contributed by atoms with E-state index in [-0.39, 0.29) is 28.8 Å². The number of methoxy groups -OCH3 is 1. The zero-order chi connectivity index (χ0) is 25.3. The molecular formula is C25H36FN5O4. The molecule has 2 N–H and O–H groups in total. The maximum absolute atomic E-state index is 14.6. The van der Waals surface area contributed by atoms with E-state index in [4.69, 9.17) is 4.74 Å². The van der Waals surface area contributed by atoms with Gasteiger partial charge in [0.1, 0.15) is 5.82 Å². The summed E-state index contributed by atoms with van der Waals surface area (Å²) in [7, 11) is 3.19. The second-order valence-electron chi connectivity index (χ2n) is 10.0. The first-order valence-electron chi connectivity index (χ1n) is 12.4. The predicted octanol–water partition coefficient (Wildman–Crippen LogP) is 2.13. The molecule has 0 spiro atoms. The fourth-order valence-corrected chi connectivity index (χ4v) is 5.60. The smallest absolute Gasteiger partial charge is 0.326 e. The van der Waals surface area contributed by atoms with Crippen molar-refractivity contribution in [3.05, 3.63) is 34.0 Å². The van der Waals surface area contributed by atoms with Crippen LogP contribution in [0.3, 0.4) is 0 Å². The molecule has 0 bridgehead atoms. The number of nitrogens with one attached hydrogen (secondary N) is 2. The Morgan fingerprint density at radius 2 is 1.86 bits per heavy atom. The van der Waals surface area contributed by atoms with Crippen molar-refractivity contribution in [2.45, 2.75) is 51.2 Å². The topological polar surface area (TPSA) is 99.7 Å². The van der Waals surface area contributed by atoms with Gasteiger partial charge >= 0.3 is 5.69 Å². The highest BCUT2D eigenvalue weighted by Gasteiger charge is 2.39. The summed E-state index contributed by atoms with van der Waals surface area (Å²) in [5, 5.41) is 2.41. The third-order valence-corrected chi connectivity index (χ3v) is 7.98. The highest BCUT2D eigenvalue weighted by Crippen LogP contribution is 2.33. The molecule has 1 aromatic heterocycles. The lowest BCUT2D eigenvalue weighted by Gasteiger charge is -2.44. The molecule has 4 rings (SSSR count). The molecule has 10 heteroatoms. The molecule has 2 aliphatic rings. The molecule has 2 amide bonds. The molecule has 3 heterocycles. The van der Waals surface area contributed by atoms with Crippen LogP contribution < -0.4 is 11.0 Å². The number of hydrogen-bond acceptors (Lipinski definition) is 5. The van der Waals surface area contributed by atoms with Crippen molar-refractivity contribution in [1.29, 1.82) is 0 Å². The minimum atomic E-state index is -0.663. The Morgan fingerprint density at radius 3 is 2.43 bits per heavy atom. The van der Waals surface area contributed by atoms with Crippen molar-refractivity contribution in [2.24, 2.45) is 5.92 Å². The fourth-order valence-electron chi connectivity index (χ4n) is 5.60. The van der Waals surface area contributed by atoms with E-state index in [1.165, 1.54) is 19.2 Å². The van der Waals surface area contributed by atoms with E-state index in [2.05, 4.69) is 29.0 Å². The number of piperidine rings is 2. The minimum Gasteiger partial charge on any atom is -0.378 e. The number of likely N-dealkylation sites (tertiary alicyclic amines) is 2. The first-order valence-corrected chi connectivity index (χ1v) is 12.4. The monoisotopic (exact) mass is 489 g/mol. The quantitative estimate of drug-likeness (QED) is 0.648. The summed E-state index contributed by atoms with van der Waals surface area (Å²) < 4.78 is 22.0. The van der Waals surface area contributed by atoms with Gasteiger partial charge in [0.15, 0.2) is 0 Å². The van der Waals surface area contributed by atoms with E-state index in [1.807, 2.05) is 4.90 Å². The van der Waals surface area contributed by atoms with Crippen LogP contribution in [0.2, 0.25) is 0 Å². The lowest BCUT2D eigenvalue weighted by atomic mass is 9.81. The number of carbonyl (C=O) groups excluding carboxylic acids is 2. The Hall–Kier alpha value is -2.72. The van der Waals surface area contributed by atoms with Gasteiger partial charge in [0.2, 0.25) is 5.91 Å². The average molecular weight is 490 g/mol. The summed E-state index contributed by atoms with van der Waals surface area (Å²) in [6.07, 6.45) is 3.05. The minimum absolute atomic E-state index is 0.101. The average Bonchev–Trinajstić information content (AvgIpc) is 3.17. The first kappa shape index (κ1) is 25.4. The third kappa shape index (κ3) is 4.86. The van der Waals surface area contributed by atoms with Crippen LogP contribution in [0.4, 0.5) is 4.39 Å². The zero-order valence-corrected chi connectivity index (χ0v) is 21.0. The molecule has 2 saturated heterocycles. The molecule has 2 aliphatic heterocycles. The number of halogens is 1. The molecule has 35 heavy (non-hydrogen) atoms. The van der Waals surface area contributed by atoms with Crippen LogP contribution in [-0.4, -0.2) is 83.6 Å². The highest BCUT2D eigenvalue weighted by atomic mass is 19.1. The van der Waals surface area contributed by atoms with Gasteiger partial charge in [-0.3, -0.25) is 19.1 Å². The van der Waals surface area contributed by atoms with E-state index in [0.29, 0.717) is 62.5 Å². The van der Waals surface area contributed by atoms with E-state index in [1.54, 1.807) is 11.7 Å². The van der Waals surface area contributed by atoms with Crippen molar-refractivity contribution in [3.8, 4) is 0 Å². The van der Waals surface area contributed by atoms with Gasteiger partial charge in [0.05, 0.1) is 28.7 Å². The number of fused-ring (bicyclic) bond motifs is 1. The van der Waals surface area contributed by atoms with Gasteiger partial charge in [-0.15, -0.1) is 0 Å². The largest absolute Gasteiger partial charge is 0.378 e. The second kappa shape index (κ2) is 10.1. The number of aromatic nitrogens is 2. The lowest BCUT2D eigenvalue weighted by molar-refractivity contribution is -0.141. The van der Waals surface area contributed by atoms with Crippen LogP contribution >= 0.6 is 0 Å². The Balaban J connectivity index is 1.37. The number of benzene rings is 1. The van der Waals surface area contributed by atoms with Crippen molar-refractivity contribution in [2.75, 3.05) is 46.9 Å². The molecule has 0 saturated carbocycles. The molecule has 9 nitrogen and oxygen atoms in total. The number of ether oxygens (including phenoxy) is 1. The molecular weight excluding hydrogens is 453 g/mol. The molecule has 0 radical (unpaired) electrons. The van der Waals surface area contributed by atoms with E-state index < -0.39 is 11.7 Å². The van der Waals surface area contributed by atoms with Crippen molar-refractivity contribution in [3.63, 3.8) is 0 Å². The van der Waals surface area contributed by atoms with Gasteiger partial charge < -0.3 is 19.9 Å². The van der Waals surface area contributed by atoms with Gasteiger partial charge in [0, 0.05) is 52.4 Å². The Bertz CT molecular complexity index is 1140. The fraction of sp³-hybridized carbons (Fsp3) is 0.640. The van der Waals surface area contributed by atoms with Crippen LogP contribution in [0.25, 0.3) is 11.0 Å². The first-order chi connectivity index (χ1) is 16.7. The van der Waals surface area contributed by atoms with Crippen molar-refractivity contribution >= 4 is 22.8 Å². The third-order valence-electron chi connectivity index (χ3n) is 7.98. The SMILES string of the molecule is CNC(=O)c1cc2[nH]c(=O)n(C3CCN(CC(=O)N4CCC(OC)(C(C)C)CC4)CC3)c2cc1F. The summed E-state index contributed by atoms with van der Waals surface area (Å²) in [5.41, 5.74) is 0.321. The molecule has 0 aliphatic carbocycles. The molecule has 2 fully saturated rings. The molecule has 0 atom stereocenters. The van der Waals surface area contributed by atoms with Crippen LogP contribution in [0.5, 0.6) is 0 Å². The van der Waals surface area contributed by atoms with Crippen molar-refractivity contribution < 1.29 is 18.7 Å². The van der Waals surface area contributed by atoms with E-state index in [9.17, 15) is 18.8 Å². The number of hydrogen-bond donors (Lipinski definition) is 2. The van der Waals surface area contributed by atoms with Crippen LogP contribution in [0.15, 0.2) is 16.9 Å². The number of aromatic amines is 1. The Morgan fingerprint density at radius 1 is 1.20 bits per heavy atom. The maximum atomic E-state index is 14.6. The van der Waals surface area contributed by atoms with Gasteiger partial charge in [-0.05, 0) is 37.7 Å². The Kier molecular flexibility index (Phi) is 7.32. The number of carbonyl (C=O) groups is 2. The number of imidazole rings is 1. The standard InChI is InChI=1S/C25H36FN5O4/c1-16(2)25(35-4)7-11-30(12-8-25)22(32)15-29-9-5-17(6-10-29)31-21-14-19(26)18(23(33)27-3)13-20(21)28-24(31)34/h13-14,16-17H,5-12,15H2,1-4H3,(H,27,33)(H,28,34). The van der Waals surface area contributed by atoms with Gasteiger partial charge in [-0.2, -0.15) is 0 Å². The normalized spacial score (nSPS) is 19.4. The van der Waals surface area contributed by atoms with Gasteiger partial charge in [-0.1, -0.05) is 13.8 Å². The number of amides is 2. The van der Waals surface area contributed by atoms with Crippen molar-refractivity contribution in [1.82, 2.24) is 24.7 Å². The predicted molar refractivity (Wildman–Crippen MR) is 131 cm³/mol. The lowest BCUT2D eigenvalue weighted by Crippen LogP contribution is -2.52. The highest BCUT2D eigenvalue weighted by molar-refractivity contribution is 5.97. The Labute approximate surface area is 204 Å².